The molecule has 0 radical (unpaired) electrons. The van der Waals surface area contributed by atoms with E-state index in [2.05, 4.69) is 37.0 Å². The molecule has 1 heterocycles. The Morgan fingerprint density at radius 2 is 1.85 bits per heavy atom. The van der Waals surface area contributed by atoms with E-state index < -0.39 is 11.7 Å². The van der Waals surface area contributed by atoms with Crippen LogP contribution in [-0.4, -0.2) is 10.5 Å². The van der Waals surface area contributed by atoms with Crippen molar-refractivity contribution < 1.29 is 9.18 Å². The minimum Gasteiger partial charge on any atom is -0.316 e. The molecule has 1 amide bonds. The van der Waals surface area contributed by atoms with Gasteiger partial charge in [-0.3, -0.25) is 4.79 Å². The van der Waals surface area contributed by atoms with E-state index in [0.717, 1.165) is 16.1 Å². The molecule has 3 aromatic rings. The van der Waals surface area contributed by atoms with Gasteiger partial charge in [-0.25, -0.2) is 4.39 Å². The lowest BCUT2D eigenvalue weighted by Crippen LogP contribution is -2.17. The highest BCUT2D eigenvalue weighted by molar-refractivity contribution is 7.09. The molecule has 134 valence electrons. The Labute approximate surface area is 156 Å². The quantitative estimate of drug-likeness (QED) is 0.637. The number of nitrogens with zero attached hydrogens (tertiary/aromatic N) is 2. The van der Waals surface area contributed by atoms with Crippen LogP contribution in [0.1, 0.15) is 33.3 Å². The molecule has 0 aliphatic rings. The Morgan fingerprint density at radius 3 is 2.50 bits per heavy atom. The molecule has 0 fully saturated rings. The van der Waals surface area contributed by atoms with Gasteiger partial charge >= 0.3 is 0 Å². The van der Waals surface area contributed by atoms with Crippen molar-refractivity contribution in [2.45, 2.75) is 34.2 Å². The van der Waals surface area contributed by atoms with Crippen LogP contribution in [0, 0.1) is 26.6 Å². The van der Waals surface area contributed by atoms with Crippen LogP contribution in [0.25, 0.3) is 11.3 Å². The minimum absolute atomic E-state index is 0.00561. The summed E-state index contributed by atoms with van der Waals surface area (Å²) in [7, 11) is 0. The predicted octanol–water partition coefficient (Wildman–Crippen LogP) is 5.04. The standard InChI is InChI=1S/C21H21FN2OS/c1-5-24-19(16-11-10-13(2)14(3)12-16)15(4)26-21(24)23-20(25)17-8-6-7-9-18(17)22/h6-12H,5H2,1-4H3. The summed E-state index contributed by atoms with van der Waals surface area (Å²) in [4.78, 5) is 18.3. The van der Waals surface area contributed by atoms with E-state index in [9.17, 15) is 9.18 Å². The van der Waals surface area contributed by atoms with Crippen LogP contribution in [0.15, 0.2) is 47.5 Å². The molecule has 26 heavy (non-hydrogen) atoms. The Kier molecular flexibility index (Phi) is 5.18. The first kappa shape index (κ1) is 18.3. The Hall–Kier alpha value is -2.53. The van der Waals surface area contributed by atoms with Gasteiger partial charge in [0, 0.05) is 11.4 Å². The monoisotopic (exact) mass is 368 g/mol. The molecule has 0 bridgehead atoms. The summed E-state index contributed by atoms with van der Waals surface area (Å²) in [6.45, 7) is 8.89. The molecule has 1 aromatic heterocycles. The van der Waals surface area contributed by atoms with Crippen molar-refractivity contribution in [2.75, 3.05) is 0 Å². The number of carbonyl (C=O) groups is 1. The highest BCUT2D eigenvalue weighted by atomic mass is 32.1. The van der Waals surface area contributed by atoms with Crippen molar-refractivity contribution in [1.82, 2.24) is 4.57 Å². The first-order chi connectivity index (χ1) is 12.4. The van der Waals surface area contributed by atoms with Gasteiger partial charge in [-0.15, -0.1) is 11.3 Å². The van der Waals surface area contributed by atoms with E-state index >= 15 is 0 Å². The molecule has 0 aliphatic heterocycles. The molecule has 0 saturated heterocycles. The average molecular weight is 368 g/mol. The van der Waals surface area contributed by atoms with E-state index in [1.165, 1.54) is 34.6 Å². The van der Waals surface area contributed by atoms with Gasteiger partial charge in [-0.1, -0.05) is 24.3 Å². The van der Waals surface area contributed by atoms with Crippen molar-refractivity contribution in [3.63, 3.8) is 0 Å². The van der Waals surface area contributed by atoms with Gasteiger partial charge in [-0.05, 0) is 62.6 Å². The van der Waals surface area contributed by atoms with Gasteiger partial charge in [0.2, 0.25) is 0 Å². The summed E-state index contributed by atoms with van der Waals surface area (Å²) in [6.07, 6.45) is 0. The van der Waals surface area contributed by atoms with Gasteiger partial charge in [0.15, 0.2) is 4.80 Å². The molecule has 2 aromatic carbocycles. The fourth-order valence-electron chi connectivity index (χ4n) is 2.93. The summed E-state index contributed by atoms with van der Waals surface area (Å²) in [6, 6.07) is 12.3. The number of hydrogen-bond acceptors (Lipinski definition) is 2. The normalized spacial score (nSPS) is 11.8. The zero-order valence-corrected chi connectivity index (χ0v) is 16.2. The largest absolute Gasteiger partial charge is 0.316 e. The highest BCUT2D eigenvalue weighted by Gasteiger charge is 2.15. The van der Waals surface area contributed by atoms with Crippen LogP contribution in [-0.2, 0) is 6.54 Å². The first-order valence-electron chi connectivity index (χ1n) is 8.53. The predicted molar refractivity (Wildman–Crippen MR) is 104 cm³/mol. The zero-order chi connectivity index (χ0) is 18.8. The SMILES string of the molecule is CCn1c(-c2ccc(C)c(C)c2)c(C)sc1=NC(=O)c1ccccc1F. The number of thiazole rings is 1. The van der Waals surface area contributed by atoms with Crippen molar-refractivity contribution >= 4 is 17.2 Å². The molecular formula is C21H21FN2OS. The molecule has 0 atom stereocenters. The lowest BCUT2D eigenvalue weighted by Gasteiger charge is -2.10. The second-order valence-corrected chi connectivity index (χ2v) is 7.41. The summed E-state index contributed by atoms with van der Waals surface area (Å²) in [5, 5.41) is 0. The van der Waals surface area contributed by atoms with E-state index in [-0.39, 0.29) is 5.56 Å². The van der Waals surface area contributed by atoms with Crippen LogP contribution in [0.5, 0.6) is 0 Å². The third kappa shape index (κ3) is 3.40. The van der Waals surface area contributed by atoms with Crippen molar-refractivity contribution in [3.05, 3.63) is 74.7 Å². The number of aryl methyl sites for hydroxylation is 3. The molecule has 0 saturated carbocycles. The fourth-order valence-corrected chi connectivity index (χ4v) is 3.99. The maximum Gasteiger partial charge on any atom is 0.282 e. The Bertz CT molecular complexity index is 1050. The van der Waals surface area contributed by atoms with Gasteiger partial charge in [0.25, 0.3) is 5.91 Å². The molecule has 0 aliphatic carbocycles. The summed E-state index contributed by atoms with van der Waals surface area (Å²) in [5.74, 6) is -1.11. The Morgan fingerprint density at radius 1 is 1.12 bits per heavy atom. The highest BCUT2D eigenvalue weighted by Crippen LogP contribution is 2.27. The Balaban J connectivity index is 2.14. The molecule has 5 heteroatoms. The maximum atomic E-state index is 13.9. The van der Waals surface area contributed by atoms with Crippen LogP contribution >= 0.6 is 11.3 Å². The molecular weight excluding hydrogens is 347 g/mol. The summed E-state index contributed by atoms with van der Waals surface area (Å²) < 4.78 is 15.9. The third-order valence-electron chi connectivity index (χ3n) is 4.48. The van der Waals surface area contributed by atoms with Crippen LogP contribution in [0.2, 0.25) is 0 Å². The molecule has 0 spiro atoms. The summed E-state index contributed by atoms with van der Waals surface area (Å²) in [5.41, 5.74) is 4.61. The third-order valence-corrected chi connectivity index (χ3v) is 5.47. The van der Waals surface area contributed by atoms with E-state index in [0.29, 0.717) is 11.3 Å². The zero-order valence-electron chi connectivity index (χ0n) is 15.3. The second-order valence-electron chi connectivity index (χ2n) is 6.23. The van der Waals surface area contributed by atoms with Gasteiger partial charge in [-0.2, -0.15) is 4.99 Å². The van der Waals surface area contributed by atoms with Crippen molar-refractivity contribution in [3.8, 4) is 11.3 Å². The number of benzene rings is 2. The number of hydrogen-bond donors (Lipinski definition) is 0. The number of aromatic nitrogens is 1. The lowest BCUT2D eigenvalue weighted by molar-refractivity contribution is 0.0994. The van der Waals surface area contributed by atoms with Crippen molar-refractivity contribution in [2.24, 2.45) is 4.99 Å². The van der Waals surface area contributed by atoms with E-state index in [4.69, 9.17) is 0 Å². The second kappa shape index (κ2) is 7.38. The number of carbonyl (C=O) groups excluding carboxylic acids is 1. The molecule has 3 rings (SSSR count). The number of amides is 1. The van der Waals surface area contributed by atoms with Crippen molar-refractivity contribution in [1.29, 1.82) is 0 Å². The molecule has 3 nitrogen and oxygen atoms in total. The first-order valence-corrected chi connectivity index (χ1v) is 9.35. The van der Waals surface area contributed by atoms with Crippen LogP contribution < -0.4 is 4.80 Å². The lowest BCUT2D eigenvalue weighted by atomic mass is 10.0. The maximum absolute atomic E-state index is 13.9. The van der Waals surface area contributed by atoms with E-state index in [1.807, 2.05) is 18.4 Å². The van der Waals surface area contributed by atoms with Crippen LogP contribution in [0.3, 0.4) is 0 Å². The smallest absolute Gasteiger partial charge is 0.282 e. The molecule has 0 unspecified atom stereocenters. The van der Waals surface area contributed by atoms with Gasteiger partial charge in [0.05, 0.1) is 11.3 Å². The summed E-state index contributed by atoms with van der Waals surface area (Å²) >= 11 is 1.45. The number of halogens is 1. The van der Waals surface area contributed by atoms with E-state index in [1.54, 1.807) is 12.1 Å². The topological polar surface area (TPSA) is 34.4 Å². The fraction of sp³-hybridized carbons (Fsp3) is 0.238. The average Bonchev–Trinajstić information content (AvgIpc) is 2.92. The van der Waals surface area contributed by atoms with Gasteiger partial charge in [0.1, 0.15) is 5.82 Å². The molecule has 0 N–H and O–H groups in total. The van der Waals surface area contributed by atoms with Gasteiger partial charge < -0.3 is 4.57 Å². The minimum atomic E-state index is -0.557. The van der Waals surface area contributed by atoms with Crippen LogP contribution in [0.4, 0.5) is 4.39 Å². The number of rotatable bonds is 3.